The van der Waals surface area contributed by atoms with Gasteiger partial charge >= 0.3 is 5.97 Å². The maximum Gasteiger partial charge on any atom is 0.305 e. The number of hydrogen-bond acceptors (Lipinski definition) is 5. The molecule has 372 valence electrons. The fourth-order valence-electron chi connectivity index (χ4n) is 8.63. The molecule has 0 rings (SSSR count). The summed E-state index contributed by atoms with van der Waals surface area (Å²) in [6.07, 6.45) is 63.3. The summed E-state index contributed by atoms with van der Waals surface area (Å²) in [5.74, 6) is -0.103. The van der Waals surface area contributed by atoms with E-state index in [1.54, 1.807) is 6.08 Å². The van der Waals surface area contributed by atoms with Gasteiger partial charge < -0.3 is 20.3 Å². The largest absolute Gasteiger partial charge is 0.466 e. The fourth-order valence-corrected chi connectivity index (χ4v) is 8.63. The predicted molar refractivity (Wildman–Crippen MR) is 273 cm³/mol. The van der Waals surface area contributed by atoms with Crippen LogP contribution in [0, 0.1) is 0 Å². The third-order valence-corrected chi connectivity index (χ3v) is 13.0. The number of aliphatic hydroxyl groups excluding tert-OH is 2. The molecule has 6 heteroatoms. The molecule has 1 amide bonds. The minimum atomic E-state index is -0.857. The highest BCUT2D eigenvalue weighted by molar-refractivity contribution is 5.76. The number of aliphatic hydroxyl groups is 2. The summed E-state index contributed by atoms with van der Waals surface area (Å²) in [4.78, 5) is 24.5. The Hall–Kier alpha value is -1.66. The van der Waals surface area contributed by atoms with Gasteiger partial charge in [0.15, 0.2) is 0 Å². The van der Waals surface area contributed by atoms with Crippen LogP contribution < -0.4 is 5.32 Å². The van der Waals surface area contributed by atoms with Crippen LogP contribution in [-0.2, 0) is 14.3 Å². The Morgan fingerprint density at radius 2 is 0.746 bits per heavy atom. The van der Waals surface area contributed by atoms with Crippen molar-refractivity contribution in [2.45, 2.75) is 315 Å². The van der Waals surface area contributed by atoms with E-state index >= 15 is 0 Å². The first kappa shape index (κ1) is 61.3. The quantitative estimate of drug-likeness (QED) is 0.0321. The minimum absolute atomic E-state index is 0.0180. The second-order valence-corrected chi connectivity index (χ2v) is 19.3. The molecule has 6 nitrogen and oxygen atoms in total. The molecule has 0 aliphatic rings. The zero-order valence-electron chi connectivity index (χ0n) is 42.3. The maximum atomic E-state index is 12.5. The third kappa shape index (κ3) is 49.6. The van der Waals surface area contributed by atoms with Crippen molar-refractivity contribution in [2.24, 2.45) is 0 Å². The minimum Gasteiger partial charge on any atom is -0.466 e. The third-order valence-electron chi connectivity index (χ3n) is 13.0. The first-order chi connectivity index (χ1) is 31.0. The Bertz CT molecular complexity index is 982. The number of hydrogen-bond donors (Lipinski definition) is 3. The van der Waals surface area contributed by atoms with Crippen LogP contribution in [0.1, 0.15) is 303 Å². The summed E-state index contributed by atoms with van der Waals surface area (Å²) in [6.45, 7) is 4.87. The van der Waals surface area contributed by atoms with E-state index in [1.807, 2.05) is 6.08 Å². The lowest BCUT2D eigenvalue weighted by Crippen LogP contribution is -2.45. The van der Waals surface area contributed by atoms with Crippen molar-refractivity contribution in [3.05, 3.63) is 24.3 Å². The van der Waals surface area contributed by atoms with Crippen molar-refractivity contribution in [2.75, 3.05) is 13.2 Å². The average Bonchev–Trinajstić information content (AvgIpc) is 3.28. The number of allylic oxidation sites excluding steroid dienone is 3. The van der Waals surface area contributed by atoms with E-state index in [0.29, 0.717) is 19.4 Å². The molecule has 0 saturated heterocycles. The lowest BCUT2D eigenvalue weighted by Gasteiger charge is -2.20. The van der Waals surface area contributed by atoms with Crippen LogP contribution in [-0.4, -0.2) is 47.4 Å². The first-order valence-corrected chi connectivity index (χ1v) is 28.1. The standard InChI is InChI=1S/C57H109NO5/c1-3-5-7-9-11-13-15-17-19-21-23-25-27-31-35-39-43-47-51-57(62)63-52-48-44-40-36-32-28-30-34-38-42-46-50-56(61)58-54(53-59)55(60)49-45-41-37-33-29-26-24-22-20-18-16-14-12-10-8-6-4-2/h19,21,45,49,54-55,59-60H,3-18,20,22-44,46-48,50-53H2,1-2H3,(H,58,61)/b21-19-,49-45+. The topological polar surface area (TPSA) is 95.9 Å². The number of amides is 1. The highest BCUT2D eigenvalue weighted by atomic mass is 16.5. The molecular weight excluding hydrogens is 779 g/mol. The van der Waals surface area contributed by atoms with Crippen molar-refractivity contribution >= 4 is 11.9 Å². The van der Waals surface area contributed by atoms with Gasteiger partial charge in [-0.1, -0.05) is 256 Å². The molecule has 0 heterocycles. The summed E-state index contributed by atoms with van der Waals surface area (Å²) in [5, 5.41) is 23.1. The number of nitrogens with one attached hydrogen (secondary N) is 1. The molecule has 0 aliphatic carbocycles. The van der Waals surface area contributed by atoms with Crippen LogP contribution in [0.3, 0.4) is 0 Å². The summed E-state index contributed by atoms with van der Waals surface area (Å²) >= 11 is 0. The molecule has 0 saturated carbocycles. The van der Waals surface area contributed by atoms with E-state index < -0.39 is 12.1 Å². The van der Waals surface area contributed by atoms with Gasteiger partial charge in [0, 0.05) is 12.8 Å². The molecule has 0 aromatic heterocycles. The molecular formula is C57H109NO5. The van der Waals surface area contributed by atoms with E-state index in [2.05, 4.69) is 31.3 Å². The molecule has 0 aromatic carbocycles. The van der Waals surface area contributed by atoms with Crippen molar-refractivity contribution in [3.8, 4) is 0 Å². The van der Waals surface area contributed by atoms with Gasteiger partial charge in [-0.25, -0.2) is 0 Å². The number of carbonyl (C=O) groups is 2. The van der Waals surface area contributed by atoms with Gasteiger partial charge in [-0.05, 0) is 57.8 Å². The monoisotopic (exact) mass is 888 g/mol. The second kappa shape index (κ2) is 53.0. The van der Waals surface area contributed by atoms with Crippen molar-refractivity contribution in [3.63, 3.8) is 0 Å². The fraction of sp³-hybridized carbons (Fsp3) is 0.895. The van der Waals surface area contributed by atoms with Gasteiger partial charge in [-0.3, -0.25) is 9.59 Å². The van der Waals surface area contributed by atoms with Crippen LogP contribution in [0.5, 0.6) is 0 Å². The molecule has 63 heavy (non-hydrogen) atoms. The van der Waals surface area contributed by atoms with Gasteiger partial charge in [-0.2, -0.15) is 0 Å². The lowest BCUT2D eigenvalue weighted by atomic mass is 10.0. The van der Waals surface area contributed by atoms with Gasteiger partial charge in [0.05, 0.1) is 25.4 Å². The Morgan fingerprint density at radius 3 is 1.13 bits per heavy atom. The van der Waals surface area contributed by atoms with Crippen LogP contribution in [0.25, 0.3) is 0 Å². The number of rotatable bonds is 52. The summed E-state index contributed by atoms with van der Waals surface area (Å²) in [5.41, 5.74) is 0. The van der Waals surface area contributed by atoms with E-state index in [1.165, 1.54) is 218 Å². The van der Waals surface area contributed by atoms with E-state index in [4.69, 9.17) is 4.74 Å². The summed E-state index contributed by atoms with van der Waals surface area (Å²) in [7, 11) is 0. The van der Waals surface area contributed by atoms with Gasteiger partial charge in [-0.15, -0.1) is 0 Å². The number of ether oxygens (including phenoxy) is 1. The van der Waals surface area contributed by atoms with Crippen LogP contribution in [0.4, 0.5) is 0 Å². The molecule has 0 aromatic rings. The normalized spacial score (nSPS) is 12.8. The van der Waals surface area contributed by atoms with E-state index in [0.717, 1.165) is 57.8 Å². The zero-order valence-corrected chi connectivity index (χ0v) is 42.3. The maximum absolute atomic E-state index is 12.5. The van der Waals surface area contributed by atoms with Gasteiger partial charge in [0.1, 0.15) is 0 Å². The second-order valence-electron chi connectivity index (χ2n) is 19.3. The SMILES string of the molecule is CCCCCCCCC/C=C\CCCCCCCCCC(=O)OCCCCCCCCCCCCCC(=O)NC(CO)C(O)/C=C/CCCCCCCCCCCCCCCCC. The highest BCUT2D eigenvalue weighted by Crippen LogP contribution is 2.16. The van der Waals surface area contributed by atoms with Gasteiger partial charge in [0.25, 0.3) is 0 Å². The van der Waals surface area contributed by atoms with Crippen molar-refractivity contribution < 1.29 is 24.5 Å². The Morgan fingerprint density at radius 1 is 0.429 bits per heavy atom. The van der Waals surface area contributed by atoms with Crippen LogP contribution >= 0.6 is 0 Å². The molecule has 2 atom stereocenters. The number of unbranched alkanes of at least 4 members (excludes halogenated alkanes) is 39. The van der Waals surface area contributed by atoms with Crippen LogP contribution in [0.15, 0.2) is 24.3 Å². The Balaban J connectivity index is 3.49. The van der Waals surface area contributed by atoms with Crippen molar-refractivity contribution in [1.82, 2.24) is 5.32 Å². The molecule has 0 bridgehead atoms. The molecule has 0 radical (unpaired) electrons. The molecule has 0 aliphatic heterocycles. The van der Waals surface area contributed by atoms with Gasteiger partial charge in [0.2, 0.25) is 5.91 Å². The number of carbonyl (C=O) groups excluding carboxylic acids is 2. The predicted octanol–water partition coefficient (Wildman–Crippen LogP) is 17.1. The highest BCUT2D eigenvalue weighted by Gasteiger charge is 2.18. The smallest absolute Gasteiger partial charge is 0.305 e. The zero-order chi connectivity index (χ0) is 45.8. The van der Waals surface area contributed by atoms with Crippen LogP contribution in [0.2, 0.25) is 0 Å². The Kier molecular flexibility index (Phi) is 51.6. The average molecular weight is 889 g/mol. The molecule has 2 unspecified atom stereocenters. The molecule has 3 N–H and O–H groups in total. The van der Waals surface area contributed by atoms with E-state index in [9.17, 15) is 19.8 Å². The van der Waals surface area contributed by atoms with E-state index in [-0.39, 0.29) is 18.5 Å². The summed E-state index contributed by atoms with van der Waals surface area (Å²) in [6, 6.07) is -0.642. The number of esters is 1. The summed E-state index contributed by atoms with van der Waals surface area (Å²) < 4.78 is 5.47. The lowest BCUT2D eigenvalue weighted by molar-refractivity contribution is -0.143. The Labute approximate surface area is 392 Å². The van der Waals surface area contributed by atoms with Crippen molar-refractivity contribution in [1.29, 1.82) is 0 Å². The molecule has 0 fully saturated rings. The molecule has 0 spiro atoms. The first-order valence-electron chi connectivity index (χ1n) is 28.1.